The lowest BCUT2D eigenvalue weighted by atomic mass is 9.97. The van der Waals surface area contributed by atoms with Crippen LogP contribution in [0.5, 0.6) is 0 Å². The van der Waals surface area contributed by atoms with Gasteiger partial charge in [0, 0.05) is 19.2 Å². The molecule has 9 nitrogen and oxygen atoms in total. The van der Waals surface area contributed by atoms with Gasteiger partial charge in [-0.1, -0.05) is 18.2 Å². The summed E-state index contributed by atoms with van der Waals surface area (Å²) in [4.78, 5) is 49.3. The first-order valence-corrected chi connectivity index (χ1v) is 8.75. The van der Waals surface area contributed by atoms with Crippen LogP contribution in [0.25, 0.3) is 0 Å². The predicted octanol–water partition coefficient (Wildman–Crippen LogP) is 0.951. The lowest BCUT2D eigenvalue weighted by molar-refractivity contribution is -0.147. The fourth-order valence-electron chi connectivity index (χ4n) is 3.09. The molecular weight excluding hydrogens is 387 g/mol. The number of nitrogens with zero attached hydrogens (tertiary/aromatic N) is 1. The summed E-state index contributed by atoms with van der Waals surface area (Å²) in [6, 6.07) is 8.97. The third kappa shape index (κ3) is 4.11. The molecule has 1 fully saturated rings. The molecule has 0 unspecified atom stereocenters. The molecule has 0 spiro atoms. The van der Waals surface area contributed by atoms with Gasteiger partial charge in [-0.15, -0.1) is 0 Å². The average molecular weight is 406 g/mol. The van der Waals surface area contributed by atoms with Crippen molar-refractivity contribution in [2.24, 2.45) is 0 Å². The fourth-order valence-corrected chi connectivity index (χ4v) is 3.09. The second kappa shape index (κ2) is 8.00. The van der Waals surface area contributed by atoms with Crippen LogP contribution in [0.2, 0.25) is 0 Å². The van der Waals surface area contributed by atoms with Crippen LogP contribution < -0.4 is 11.2 Å². The summed E-state index contributed by atoms with van der Waals surface area (Å²) in [5.41, 5.74) is -3.29. The number of halogens is 1. The van der Waals surface area contributed by atoms with Crippen molar-refractivity contribution in [2.45, 2.75) is 38.0 Å². The largest absolute Gasteiger partial charge is 0.463 e. The first-order valence-electron chi connectivity index (χ1n) is 8.75. The Morgan fingerprint density at radius 2 is 1.93 bits per heavy atom. The average Bonchev–Trinajstić information content (AvgIpc) is 2.92. The minimum Gasteiger partial charge on any atom is -0.463 e. The summed E-state index contributed by atoms with van der Waals surface area (Å²) < 4.78 is 32.1. The highest BCUT2D eigenvalue weighted by Gasteiger charge is 2.59. The topological polar surface area (TPSA) is 117 Å². The normalized spacial score (nSPS) is 26.1. The zero-order valence-corrected chi connectivity index (χ0v) is 15.7. The second-order valence-electron chi connectivity index (χ2n) is 6.69. The predicted molar refractivity (Wildman–Crippen MR) is 97.0 cm³/mol. The summed E-state index contributed by atoms with van der Waals surface area (Å²) in [5, 5.41) is 0. The van der Waals surface area contributed by atoms with Crippen LogP contribution in [0.3, 0.4) is 0 Å². The summed E-state index contributed by atoms with van der Waals surface area (Å²) in [6.07, 6.45) is -3.52. The quantitative estimate of drug-likeness (QED) is 0.735. The van der Waals surface area contributed by atoms with E-state index in [0.717, 1.165) is 23.8 Å². The molecule has 1 N–H and O–H groups in total. The van der Waals surface area contributed by atoms with Crippen molar-refractivity contribution >= 4 is 11.9 Å². The van der Waals surface area contributed by atoms with Gasteiger partial charge in [-0.05, 0) is 19.1 Å². The highest BCUT2D eigenvalue weighted by Crippen LogP contribution is 2.43. The van der Waals surface area contributed by atoms with E-state index in [1.165, 1.54) is 19.1 Å². The zero-order chi connectivity index (χ0) is 21.2. The Bertz CT molecular complexity index is 1020. The summed E-state index contributed by atoms with van der Waals surface area (Å²) in [7, 11) is 0. The van der Waals surface area contributed by atoms with Crippen LogP contribution in [0, 0.1) is 0 Å². The highest BCUT2D eigenvalue weighted by molar-refractivity contribution is 5.89. The molecule has 0 bridgehead atoms. The van der Waals surface area contributed by atoms with Gasteiger partial charge in [-0.3, -0.25) is 19.1 Å². The van der Waals surface area contributed by atoms with Crippen LogP contribution in [-0.4, -0.2) is 46.0 Å². The number of aromatic nitrogens is 2. The molecule has 0 amide bonds. The molecule has 1 aromatic carbocycles. The van der Waals surface area contributed by atoms with E-state index in [4.69, 9.17) is 14.2 Å². The molecule has 3 rings (SSSR count). The number of hydrogen-bond acceptors (Lipinski definition) is 7. The number of H-pyrrole nitrogens is 1. The molecule has 4 atom stereocenters. The smallest absolute Gasteiger partial charge is 0.338 e. The number of carbonyl (C=O) groups is 2. The van der Waals surface area contributed by atoms with Crippen molar-refractivity contribution in [3.63, 3.8) is 0 Å². The summed E-state index contributed by atoms with van der Waals surface area (Å²) >= 11 is 0. The van der Waals surface area contributed by atoms with Gasteiger partial charge >= 0.3 is 17.6 Å². The molecule has 0 aliphatic carbocycles. The van der Waals surface area contributed by atoms with E-state index >= 15 is 4.39 Å². The third-order valence-electron chi connectivity index (χ3n) is 4.54. The van der Waals surface area contributed by atoms with E-state index in [9.17, 15) is 19.2 Å². The fraction of sp³-hybridized carbons (Fsp3) is 0.368. The van der Waals surface area contributed by atoms with Crippen molar-refractivity contribution < 1.29 is 28.2 Å². The molecular formula is C19H19FN2O7. The number of hydrogen-bond donors (Lipinski definition) is 1. The monoisotopic (exact) mass is 406 g/mol. The maximum absolute atomic E-state index is 15.3. The van der Waals surface area contributed by atoms with Crippen molar-refractivity contribution in [2.75, 3.05) is 6.61 Å². The van der Waals surface area contributed by atoms with E-state index in [0.29, 0.717) is 0 Å². The molecule has 154 valence electrons. The van der Waals surface area contributed by atoms with Gasteiger partial charge in [0.05, 0.1) is 5.56 Å². The van der Waals surface area contributed by atoms with Crippen molar-refractivity contribution in [1.29, 1.82) is 0 Å². The van der Waals surface area contributed by atoms with E-state index in [1.807, 2.05) is 4.98 Å². The molecule has 0 saturated carbocycles. The number of carbonyl (C=O) groups excluding carboxylic acids is 2. The van der Waals surface area contributed by atoms with E-state index < -0.39 is 53.9 Å². The van der Waals surface area contributed by atoms with Crippen molar-refractivity contribution in [3.8, 4) is 0 Å². The number of alkyl halides is 1. The lowest BCUT2D eigenvalue weighted by Crippen LogP contribution is -2.48. The Balaban J connectivity index is 1.98. The number of benzene rings is 1. The molecule has 0 radical (unpaired) electrons. The van der Waals surface area contributed by atoms with Gasteiger partial charge in [0.1, 0.15) is 12.7 Å². The van der Waals surface area contributed by atoms with E-state index in [1.54, 1.807) is 18.2 Å². The highest BCUT2D eigenvalue weighted by atomic mass is 19.1. The second-order valence-corrected chi connectivity index (χ2v) is 6.69. The maximum Gasteiger partial charge on any atom is 0.338 e. The summed E-state index contributed by atoms with van der Waals surface area (Å²) in [6.45, 7) is 1.98. The number of aromatic amines is 1. The minimum absolute atomic E-state index is 0.178. The number of esters is 2. The minimum atomic E-state index is -1.94. The molecule has 1 aliphatic heterocycles. The molecule has 1 aromatic heterocycles. The first-order chi connectivity index (χ1) is 13.7. The Morgan fingerprint density at radius 3 is 2.55 bits per heavy atom. The third-order valence-corrected chi connectivity index (χ3v) is 4.54. The molecule has 1 aliphatic rings. The van der Waals surface area contributed by atoms with Gasteiger partial charge in [0.25, 0.3) is 5.56 Å². The van der Waals surface area contributed by atoms with E-state index in [-0.39, 0.29) is 5.56 Å². The molecule has 29 heavy (non-hydrogen) atoms. The number of rotatable bonds is 5. The van der Waals surface area contributed by atoms with Crippen LogP contribution in [0.4, 0.5) is 4.39 Å². The SMILES string of the molecule is CC(=O)OC[C@H]1O[C@@H](n2ccc(=O)[nH]c2=O)[C@](C)(OC(=O)c2ccccc2)[C@@H]1F. The Hall–Kier alpha value is -3.27. The number of ether oxygens (including phenoxy) is 3. The van der Waals surface area contributed by atoms with Gasteiger partial charge in [0.15, 0.2) is 18.0 Å². The van der Waals surface area contributed by atoms with Crippen LogP contribution >= 0.6 is 0 Å². The van der Waals surface area contributed by atoms with Gasteiger partial charge in [-0.2, -0.15) is 0 Å². The molecule has 1 saturated heterocycles. The Kier molecular flexibility index (Phi) is 5.64. The van der Waals surface area contributed by atoms with Crippen molar-refractivity contribution in [3.05, 3.63) is 69.0 Å². The lowest BCUT2D eigenvalue weighted by Gasteiger charge is -2.31. The number of nitrogens with one attached hydrogen (secondary N) is 1. The maximum atomic E-state index is 15.3. The first kappa shape index (κ1) is 20.5. The Morgan fingerprint density at radius 1 is 1.24 bits per heavy atom. The molecule has 10 heteroatoms. The summed E-state index contributed by atoms with van der Waals surface area (Å²) in [5.74, 6) is -1.47. The van der Waals surface area contributed by atoms with Gasteiger partial charge < -0.3 is 14.2 Å². The van der Waals surface area contributed by atoms with Gasteiger partial charge in [0.2, 0.25) is 0 Å². The van der Waals surface area contributed by atoms with Gasteiger partial charge in [-0.25, -0.2) is 14.0 Å². The zero-order valence-electron chi connectivity index (χ0n) is 15.7. The molecule has 2 heterocycles. The van der Waals surface area contributed by atoms with Crippen LogP contribution in [-0.2, 0) is 19.0 Å². The van der Waals surface area contributed by atoms with E-state index in [2.05, 4.69) is 0 Å². The van der Waals surface area contributed by atoms with Crippen molar-refractivity contribution in [1.82, 2.24) is 9.55 Å². The Labute approximate surface area is 164 Å². The van der Waals surface area contributed by atoms with Crippen LogP contribution in [0.1, 0.15) is 30.4 Å². The molecule has 2 aromatic rings. The standard InChI is InChI=1S/C19H19FN2O7/c1-11(23)27-10-13-15(20)19(2,29-16(25)12-6-4-3-5-7-12)17(28-13)22-9-8-14(24)21-18(22)26/h3-9,13,15,17H,10H2,1-2H3,(H,21,24,26)/t13-,15-,17-,19-/m1/s1. The van der Waals surface area contributed by atoms with Crippen LogP contribution in [0.15, 0.2) is 52.2 Å².